The van der Waals surface area contributed by atoms with Gasteiger partial charge in [0.1, 0.15) is 12.0 Å². The van der Waals surface area contributed by atoms with Gasteiger partial charge in [0.05, 0.1) is 22.9 Å². The van der Waals surface area contributed by atoms with Crippen LogP contribution in [0.4, 0.5) is 10.1 Å². The molecular formula is C22H28ClFN6O. The van der Waals surface area contributed by atoms with E-state index in [1.165, 1.54) is 18.6 Å². The van der Waals surface area contributed by atoms with E-state index in [1.54, 1.807) is 6.07 Å². The van der Waals surface area contributed by atoms with Gasteiger partial charge in [0, 0.05) is 30.4 Å². The number of piperidine rings is 1. The van der Waals surface area contributed by atoms with Crippen LogP contribution < -0.4 is 16.1 Å². The summed E-state index contributed by atoms with van der Waals surface area (Å²) in [6.45, 7) is 2.91. The Morgan fingerprint density at radius 2 is 2.06 bits per heavy atom. The van der Waals surface area contributed by atoms with Crippen molar-refractivity contribution in [1.29, 1.82) is 5.26 Å². The van der Waals surface area contributed by atoms with E-state index in [0.717, 1.165) is 38.8 Å². The van der Waals surface area contributed by atoms with Crippen molar-refractivity contribution in [2.75, 3.05) is 25.0 Å². The van der Waals surface area contributed by atoms with Gasteiger partial charge in [-0.1, -0.05) is 11.6 Å². The molecule has 1 aromatic rings. The van der Waals surface area contributed by atoms with Crippen molar-refractivity contribution in [3.8, 4) is 6.07 Å². The Kier molecular flexibility index (Phi) is 5.78. The van der Waals surface area contributed by atoms with Crippen LogP contribution in [0.15, 0.2) is 18.2 Å². The van der Waals surface area contributed by atoms with Gasteiger partial charge in [-0.15, -0.1) is 0 Å². The van der Waals surface area contributed by atoms with Crippen LogP contribution in [0, 0.1) is 29.0 Å². The average Bonchev–Trinajstić information content (AvgIpc) is 3.09. The summed E-state index contributed by atoms with van der Waals surface area (Å²) in [6, 6.07) is 7.68. The van der Waals surface area contributed by atoms with Crippen LogP contribution in [-0.4, -0.2) is 59.7 Å². The number of rotatable bonds is 4. The van der Waals surface area contributed by atoms with Gasteiger partial charge in [0.25, 0.3) is 0 Å². The third-order valence-electron chi connectivity index (χ3n) is 7.42. The number of hydrogen-bond donors (Lipinski definition) is 3. The van der Waals surface area contributed by atoms with Crippen molar-refractivity contribution in [2.24, 2.45) is 11.8 Å². The molecule has 6 atom stereocenters. The third kappa shape index (κ3) is 3.89. The zero-order chi connectivity index (χ0) is 21.5. The molecule has 1 saturated carbocycles. The fraction of sp³-hybridized carbons (Fsp3) is 0.636. The van der Waals surface area contributed by atoms with Crippen LogP contribution in [0.1, 0.15) is 32.1 Å². The number of likely N-dealkylation sites (tertiary alicyclic amines) is 1. The number of fused-ring (bicyclic) bond motifs is 1. The maximum atomic E-state index is 13.9. The largest absolute Gasteiger partial charge is 0.368 e. The SMILES string of the molecule is N#C[C@H]1C[C@H](N2CCC2)CC[C@@H]1N1NC(Nc2ccc(Cl)c(F)c2)C2C(=O)NCCC21. The lowest BCUT2D eigenvalue weighted by Gasteiger charge is -2.46. The second-order valence-electron chi connectivity index (χ2n) is 9.12. The Morgan fingerprint density at radius 1 is 1.23 bits per heavy atom. The van der Waals surface area contributed by atoms with Crippen LogP contribution in [0.3, 0.4) is 0 Å². The molecule has 3 heterocycles. The predicted molar refractivity (Wildman–Crippen MR) is 115 cm³/mol. The first-order valence-corrected chi connectivity index (χ1v) is 11.6. The smallest absolute Gasteiger partial charge is 0.228 e. The molecule has 1 aliphatic carbocycles. The molecule has 5 rings (SSSR count). The molecule has 9 heteroatoms. The van der Waals surface area contributed by atoms with Gasteiger partial charge in [0.15, 0.2) is 0 Å². The molecule has 0 aromatic heterocycles. The monoisotopic (exact) mass is 446 g/mol. The molecule has 4 fully saturated rings. The summed E-state index contributed by atoms with van der Waals surface area (Å²) in [7, 11) is 0. The van der Waals surface area contributed by atoms with Crippen molar-refractivity contribution in [3.05, 3.63) is 29.0 Å². The minimum Gasteiger partial charge on any atom is -0.368 e. The van der Waals surface area contributed by atoms with Gasteiger partial charge < -0.3 is 15.5 Å². The zero-order valence-electron chi connectivity index (χ0n) is 17.4. The van der Waals surface area contributed by atoms with Gasteiger partial charge in [-0.3, -0.25) is 4.79 Å². The minimum atomic E-state index is -0.500. The van der Waals surface area contributed by atoms with Gasteiger partial charge in [-0.25, -0.2) is 14.8 Å². The molecule has 4 aliphatic rings. The molecule has 7 nitrogen and oxygen atoms in total. The lowest BCUT2D eigenvalue weighted by Crippen LogP contribution is -2.57. The highest BCUT2D eigenvalue weighted by molar-refractivity contribution is 6.30. The first-order valence-electron chi connectivity index (χ1n) is 11.2. The molecule has 166 valence electrons. The molecule has 1 amide bonds. The Balaban J connectivity index is 1.35. The first-order chi connectivity index (χ1) is 15.0. The maximum Gasteiger partial charge on any atom is 0.228 e. The number of amides is 1. The molecule has 0 bridgehead atoms. The number of nitrogens with one attached hydrogen (secondary N) is 3. The summed E-state index contributed by atoms with van der Waals surface area (Å²) in [5.74, 6) is -0.912. The van der Waals surface area contributed by atoms with E-state index < -0.39 is 5.82 Å². The lowest BCUT2D eigenvalue weighted by atomic mass is 9.79. The van der Waals surface area contributed by atoms with Crippen LogP contribution in [0.25, 0.3) is 0 Å². The molecule has 0 radical (unpaired) electrons. The van der Waals surface area contributed by atoms with E-state index in [2.05, 4.69) is 32.0 Å². The Bertz CT molecular complexity index is 889. The number of carbonyl (C=O) groups excluding carboxylic acids is 1. The number of anilines is 1. The van der Waals surface area contributed by atoms with Gasteiger partial charge >= 0.3 is 0 Å². The molecule has 3 N–H and O–H groups in total. The normalized spacial score (nSPS) is 36.2. The standard InChI is InChI=1S/C22H28ClFN6O/c23-16-4-2-14(11-17(16)24)27-21-20-19(6-7-26-22(20)31)30(28-21)18-5-3-15(10-13(18)12-25)29-8-1-9-29/h2,4,11,13,15,18-21,27-28H,1,3,5-10H2,(H,26,31)/t13-,15-,18+,19?,20?,21?/m1/s1. The van der Waals surface area contributed by atoms with Crippen LogP contribution >= 0.6 is 11.6 Å². The molecule has 3 unspecified atom stereocenters. The average molecular weight is 447 g/mol. The summed E-state index contributed by atoms with van der Waals surface area (Å²) in [6.07, 6.45) is 4.58. The topological polar surface area (TPSA) is 83.4 Å². The van der Waals surface area contributed by atoms with E-state index in [0.29, 0.717) is 18.3 Å². The van der Waals surface area contributed by atoms with Crippen molar-refractivity contribution >= 4 is 23.2 Å². The second-order valence-corrected chi connectivity index (χ2v) is 9.53. The molecule has 1 aromatic carbocycles. The van der Waals surface area contributed by atoms with Gasteiger partial charge in [0.2, 0.25) is 5.91 Å². The number of halogens is 2. The van der Waals surface area contributed by atoms with Crippen LogP contribution in [0.5, 0.6) is 0 Å². The highest BCUT2D eigenvalue weighted by Gasteiger charge is 2.52. The predicted octanol–water partition coefficient (Wildman–Crippen LogP) is 2.31. The van der Waals surface area contributed by atoms with Gasteiger partial charge in [-0.05, 0) is 63.4 Å². The number of nitriles is 1. The summed E-state index contributed by atoms with van der Waals surface area (Å²) >= 11 is 5.81. The third-order valence-corrected chi connectivity index (χ3v) is 7.73. The summed E-state index contributed by atoms with van der Waals surface area (Å²) < 4.78 is 13.9. The fourth-order valence-electron chi connectivity index (χ4n) is 5.71. The van der Waals surface area contributed by atoms with Crippen molar-refractivity contribution in [2.45, 2.75) is 56.4 Å². The van der Waals surface area contributed by atoms with Gasteiger partial charge in [-0.2, -0.15) is 5.26 Å². The van der Waals surface area contributed by atoms with Crippen molar-refractivity contribution in [3.63, 3.8) is 0 Å². The summed E-state index contributed by atoms with van der Waals surface area (Å²) in [5, 5.41) is 18.4. The fourth-order valence-corrected chi connectivity index (χ4v) is 5.83. The molecular weight excluding hydrogens is 419 g/mol. The van der Waals surface area contributed by atoms with E-state index in [4.69, 9.17) is 11.6 Å². The van der Waals surface area contributed by atoms with Crippen molar-refractivity contribution in [1.82, 2.24) is 20.7 Å². The molecule has 31 heavy (non-hydrogen) atoms. The highest BCUT2D eigenvalue weighted by Crippen LogP contribution is 2.38. The first kappa shape index (κ1) is 21.0. The van der Waals surface area contributed by atoms with Crippen LogP contribution in [0.2, 0.25) is 5.02 Å². The minimum absolute atomic E-state index is 0.00445. The van der Waals surface area contributed by atoms with Crippen molar-refractivity contribution < 1.29 is 9.18 Å². The van der Waals surface area contributed by atoms with E-state index in [9.17, 15) is 14.4 Å². The number of benzene rings is 1. The number of hydrazine groups is 1. The molecule has 3 saturated heterocycles. The Hall–Kier alpha value is -1.92. The number of nitrogens with zero attached hydrogens (tertiary/aromatic N) is 3. The van der Waals surface area contributed by atoms with E-state index >= 15 is 0 Å². The molecule has 0 spiro atoms. The molecule has 3 aliphatic heterocycles. The lowest BCUT2D eigenvalue weighted by molar-refractivity contribution is -0.128. The Labute approximate surface area is 186 Å². The second kappa shape index (κ2) is 8.55. The van der Waals surface area contributed by atoms with E-state index in [1.807, 2.05) is 0 Å². The summed E-state index contributed by atoms with van der Waals surface area (Å²) in [5.41, 5.74) is 4.06. The highest BCUT2D eigenvalue weighted by atomic mass is 35.5. The Morgan fingerprint density at radius 3 is 2.77 bits per heavy atom. The quantitative estimate of drug-likeness (QED) is 0.658. The summed E-state index contributed by atoms with van der Waals surface area (Å²) in [4.78, 5) is 15.3. The van der Waals surface area contributed by atoms with E-state index in [-0.39, 0.29) is 41.0 Å². The number of carbonyl (C=O) groups is 1. The zero-order valence-corrected chi connectivity index (χ0v) is 18.1. The number of hydrogen-bond acceptors (Lipinski definition) is 6. The van der Waals surface area contributed by atoms with Crippen LogP contribution in [-0.2, 0) is 4.79 Å². The maximum absolute atomic E-state index is 13.9.